The number of unbranched alkanes of at least 4 members (excludes halogenated alkanes) is 1. The number of likely N-dealkylation sites (N-methyl/N-ethyl adjacent to an activating group) is 1. The summed E-state index contributed by atoms with van der Waals surface area (Å²) in [6.07, 6.45) is 0.566. The second-order valence-electron chi connectivity index (χ2n) is 14.8. The molecule has 0 saturated heterocycles. The molecule has 4 bridgehead atoms. The van der Waals surface area contributed by atoms with Crippen molar-refractivity contribution in [2.24, 2.45) is 16.6 Å². The maximum atomic E-state index is 14.5. The number of nitrogens with one attached hydrogen (secondary N) is 4. The molecule has 19 heteroatoms. The van der Waals surface area contributed by atoms with E-state index in [1.165, 1.54) is 50.4 Å². The molecule has 0 radical (unpaired) electrons. The van der Waals surface area contributed by atoms with Gasteiger partial charge in [-0.3, -0.25) is 24.0 Å². The van der Waals surface area contributed by atoms with Crippen molar-refractivity contribution >= 4 is 51.2 Å². The van der Waals surface area contributed by atoms with Crippen molar-refractivity contribution in [1.82, 2.24) is 26.2 Å². The highest BCUT2D eigenvalue weighted by molar-refractivity contribution is 7.92. The molecule has 5 atom stereocenters. The molecular formula is C43H49ClN8O9S. The Balaban J connectivity index is 1.49. The number of hydrogen-bond acceptors (Lipinski definition) is 11. The zero-order chi connectivity index (χ0) is 45.3. The SMILES string of the molecule is CC1NC(=O)C(N(C)C(=O)C(CCCCN)NC(=O)c2ccc(-c3ccc(Cl)cc3)cc2)c2ccc(O)c(c2)-c2cc(ccc2O)CC(C(=O)NC(N)C=CS(N)(=O)=O)NC1=O. The largest absolute Gasteiger partial charge is 0.507 e. The Morgan fingerprint density at radius 3 is 2.13 bits per heavy atom. The number of aromatic hydroxyl groups is 2. The van der Waals surface area contributed by atoms with E-state index in [-0.39, 0.29) is 46.6 Å². The first kappa shape index (κ1) is 46.8. The van der Waals surface area contributed by atoms with Gasteiger partial charge < -0.3 is 47.8 Å². The van der Waals surface area contributed by atoms with Gasteiger partial charge in [0.15, 0.2) is 0 Å². The molecule has 4 aromatic rings. The number of nitrogens with two attached hydrogens (primary N) is 3. The molecule has 62 heavy (non-hydrogen) atoms. The summed E-state index contributed by atoms with van der Waals surface area (Å²) in [6.45, 7) is 1.69. The minimum atomic E-state index is -4.07. The van der Waals surface area contributed by atoms with Crippen molar-refractivity contribution in [2.75, 3.05) is 13.6 Å². The lowest BCUT2D eigenvalue weighted by Gasteiger charge is -2.32. The smallest absolute Gasteiger partial charge is 0.251 e. The monoisotopic (exact) mass is 888 g/mol. The topological polar surface area (TPSA) is 289 Å². The summed E-state index contributed by atoms with van der Waals surface area (Å²) in [6, 6.07) is 17.1. The Bertz CT molecular complexity index is 2450. The highest BCUT2D eigenvalue weighted by Crippen LogP contribution is 2.39. The van der Waals surface area contributed by atoms with Crippen molar-refractivity contribution in [3.63, 3.8) is 0 Å². The van der Waals surface area contributed by atoms with Crippen molar-refractivity contribution in [3.8, 4) is 33.8 Å². The third kappa shape index (κ3) is 12.2. The molecule has 12 N–H and O–H groups in total. The van der Waals surface area contributed by atoms with Crippen LogP contribution in [0.25, 0.3) is 22.3 Å². The molecule has 328 valence electrons. The fraction of sp³-hybridized carbons (Fsp3) is 0.279. The predicted octanol–water partition coefficient (Wildman–Crippen LogP) is 2.26. The minimum Gasteiger partial charge on any atom is -0.507 e. The number of nitrogens with zero attached hydrogens (tertiary/aromatic N) is 1. The van der Waals surface area contributed by atoms with Crippen molar-refractivity contribution in [1.29, 1.82) is 0 Å². The number of amides is 5. The zero-order valence-corrected chi connectivity index (χ0v) is 35.4. The van der Waals surface area contributed by atoms with Gasteiger partial charge in [-0.05, 0) is 110 Å². The molecule has 1 aliphatic heterocycles. The van der Waals surface area contributed by atoms with Gasteiger partial charge in [-0.15, -0.1) is 0 Å². The number of primary sulfonamides is 1. The van der Waals surface area contributed by atoms with Gasteiger partial charge in [-0.1, -0.05) is 48.0 Å². The highest BCUT2D eigenvalue weighted by Gasteiger charge is 2.36. The van der Waals surface area contributed by atoms with Crippen LogP contribution in [0.4, 0.5) is 0 Å². The van der Waals surface area contributed by atoms with Gasteiger partial charge in [-0.25, -0.2) is 13.6 Å². The van der Waals surface area contributed by atoms with Gasteiger partial charge in [0.25, 0.3) is 5.91 Å². The van der Waals surface area contributed by atoms with Crippen molar-refractivity contribution in [3.05, 3.63) is 118 Å². The van der Waals surface area contributed by atoms with Gasteiger partial charge in [-0.2, -0.15) is 0 Å². The molecular weight excluding hydrogens is 840 g/mol. The summed E-state index contributed by atoms with van der Waals surface area (Å²) in [4.78, 5) is 70.8. The van der Waals surface area contributed by atoms with Crippen LogP contribution in [-0.4, -0.2) is 91.0 Å². The lowest BCUT2D eigenvalue weighted by molar-refractivity contribution is -0.141. The Hall–Kier alpha value is -6.31. The first-order valence-electron chi connectivity index (χ1n) is 19.5. The van der Waals surface area contributed by atoms with Gasteiger partial charge in [0, 0.05) is 40.6 Å². The van der Waals surface area contributed by atoms with Crippen LogP contribution in [0.1, 0.15) is 53.7 Å². The Morgan fingerprint density at radius 2 is 1.50 bits per heavy atom. The normalized spacial score (nSPS) is 17.8. The van der Waals surface area contributed by atoms with Gasteiger partial charge in [0.2, 0.25) is 33.7 Å². The van der Waals surface area contributed by atoms with Gasteiger partial charge >= 0.3 is 0 Å². The van der Waals surface area contributed by atoms with E-state index in [0.29, 0.717) is 35.4 Å². The number of carbonyl (C=O) groups excluding carboxylic acids is 5. The summed E-state index contributed by atoms with van der Waals surface area (Å²) in [5, 5.41) is 38.7. The van der Waals surface area contributed by atoms with E-state index >= 15 is 0 Å². The summed E-state index contributed by atoms with van der Waals surface area (Å²) in [5.74, 6) is -4.26. The molecule has 0 spiro atoms. The van der Waals surface area contributed by atoms with Crippen LogP contribution >= 0.6 is 11.6 Å². The van der Waals surface area contributed by atoms with Crippen LogP contribution in [-0.2, 0) is 35.6 Å². The third-order valence-electron chi connectivity index (χ3n) is 10.2. The van der Waals surface area contributed by atoms with Crippen molar-refractivity contribution < 1.29 is 42.6 Å². The number of carbonyl (C=O) groups is 5. The van der Waals surface area contributed by atoms with E-state index < -0.39 is 69.9 Å². The molecule has 5 unspecified atom stereocenters. The average molecular weight is 889 g/mol. The van der Waals surface area contributed by atoms with Gasteiger partial charge in [0.05, 0.1) is 6.17 Å². The Labute approximate surface area is 363 Å². The number of rotatable bonds is 13. The fourth-order valence-corrected chi connectivity index (χ4v) is 7.36. The molecule has 17 nitrogen and oxygen atoms in total. The van der Waals surface area contributed by atoms with Gasteiger partial charge in [0.1, 0.15) is 35.7 Å². The summed E-state index contributed by atoms with van der Waals surface area (Å²) < 4.78 is 22.8. The average Bonchev–Trinajstić information content (AvgIpc) is 3.23. The number of halogens is 1. The number of benzene rings is 4. The fourth-order valence-electron chi connectivity index (χ4n) is 6.84. The van der Waals surface area contributed by atoms with E-state index in [1.807, 2.05) is 12.1 Å². The Morgan fingerprint density at radius 1 is 0.887 bits per heavy atom. The number of phenols is 2. The molecule has 0 aliphatic carbocycles. The summed E-state index contributed by atoms with van der Waals surface area (Å²) >= 11 is 6.03. The van der Waals surface area contributed by atoms with E-state index in [2.05, 4.69) is 21.3 Å². The lowest BCUT2D eigenvalue weighted by Crippen LogP contribution is -2.57. The van der Waals surface area contributed by atoms with Crippen LogP contribution in [0.15, 0.2) is 96.4 Å². The predicted molar refractivity (Wildman–Crippen MR) is 233 cm³/mol. The molecule has 1 heterocycles. The number of sulfonamides is 1. The number of phenolic OH excluding ortho intramolecular Hbond substituents is 2. The minimum absolute atomic E-state index is 0.0700. The Kier molecular flexibility index (Phi) is 15.5. The first-order valence-corrected chi connectivity index (χ1v) is 21.5. The van der Waals surface area contributed by atoms with E-state index in [1.54, 1.807) is 36.4 Å². The quantitative estimate of drug-likeness (QED) is 0.0693. The van der Waals surface area contributed by atoms with Crippen molar-refractivity contribution in [2.45, 2.75) is 62.9 Å². The number of fused-ring (bicyclic) bond motifs is 5. The maximum Gasteiger partial charge on any atom is 0.251 e. The van der Waals surface area contributed by atoms with E-state index in [4.69, 9.17) is 28.2 Å². The van der Waals surface area contributed by atoms with Crippen LogP contribution in [0.2, 0.25) is 5.02 Å². The molecule has 5 amide bonds. The van der Waals surface area contributed by atoms with E-state index in [9.17, 15) is 42.6 Å². The van der Waals surface area contributed by atoms with Crippen LogP contribution in [0.5, 0.6) is 11.5 Å². The summed E-state index contributed by atoms with van der Waals surface area (Å²) in [5.41, 5.74) is 14.4. The lowest BCUT2D eigenvalue weighted by atomic mass is 9.93. The molecule has 0 fully saturated rings. The van der Waals surface area contributed by atoms with Crippen LogP contribution in [0.3, 0.4) is 0 Å². The standard InChI is InChI=1S/C43H49ClN8O9S/c1-24-39(55)50-34(41(57)51-37(46)18-20-62(47,60)61)22-25-6-16-35(53)31(21-25)32-23-29(13-17-36(32)54)38(42(58)48-24)52(2)43(59)33(5-3-4-19-45)49-40(56)28-9-7-26(8-10-28)27-11-14-30(44)15-12-27/h6-18,20-21,23-24,33-34,37-38,53-54H,3-5,19,22,45-46H2,1-2H3,(H,48,58)(H,49,56)(H,50,55)(H,51,57)(H2,47,60,61). The molecule has 0 aromatic heterocycles. The van der Waals surface area contributed by atoms with E-state index in [0.717, 1.165) is 22.1 Å². The maximum absolute atomic E-state index is 14.5. The van der Waals surface area contributed by atoms with Crippen LogP contribution in [0, 0.1) is 0 Å². The second kappa shape index (κ2) is 20.5. The molecule has 4 aromatic carbocycles. The van der Waals surface area contributed by atoms with Crippen LogP contribution < -0.4 is 37.9 Å². The summed E-state index contributed by atoms with van der Waals surface area (Å²) in [7, 11) is -2.71. The first-order chi connectivity index (χ1) is 29.3. The third-order valence-corrected chi connectivity index (χ3v) is 10.9. The molecule has 1 aliphatic rings. The zero-order valence-electron chi connectivity index (χ0n) is 33.9. The number of hydrogen-bond donors (Lipinski definition) is 9. The highest BCUT2D eigenvalue weighted by atomic mass is 35.5. The second-order valence-corrected chi connectivity index (χ2v) is 16.7. The molecule has 0 saturated carbocycles. The molecule has 5 rings (SSSR count).